The van der Waals surface area contributed by atoms with E-state index in [-0.39, 0.29) is 18.1 Å². The molecule has 1 aromatic carbocycles. The summed E-state index contributed by atoms with van der Waals surface area (Å²) in [5.74, 6) is 0.217. The van der Waals surface area contributed by atoms with Crippen molar-refractivity contribution in [2.45, 2.75) is 51.6 Å². The highest BCUT2D eigenvalue weighted by Crippen LogP contribution is 2.29. The predicted octanol–water partition coefficient (Wildman–Crippen LogP) is 3.26. The second-order valence-electron chi connectivity index (χ2n) is 6.02. The van der Waals surface area contributed by atoms with Crippen LogP contribution in [-0.4, -0.2) is 34.9 Å². The summed E-state index contributed by atoms with van der Waals surface area (Å²) in [5.41, 5.74) is 3.70. The van der Waals surface area contributed by atoms with E-state index in [2.05, 4.69) is 50.5 Å². The molecular formula is C17H26N2OS. The molecule has 0 spiro atoms. The van der Waals surface area contributed by atoms with E-state index in [4.69, 9.17) is 0 Å². The van der Waals surface area contributed by atoms with E-state index in [1.54, 1.807) is 0 Å². The Morgan fingerprint density at radius 1 is 1.38 bits per heavy atom. The minimum absolute atomic E-state index is 0.0152. The van der Waals surface area contributed by atoms with Gasteiger partial charge >= 0.3 is 0 Å². The van der Waals surface area contributed by atoms with Gasteiger partial charge in [-0.1, -0.05) is 30.7 Å². The first-order chi connectivity index (χ1) is 9.93. The summed E-state index contributed by atoms with van der Waals surface area (Å²) >= 11 is 1.85. The maximum Gasteiger partial charge on any atom is 0.241 e. The lowest BCUT2D eigenvalue weighted by Crippen LogP contribution is -2.33. The number of hydrogen-bond donors (Lipinski definition) is 1. The van der Waals surface area contributed by atoms with Gasteiger partial charge in [-0.05, 0) is 44.6 Å². The molecule has 0 aliphatic carbocycles. The van der Waals surface area contributed by atoms with E-state index in [0.29, 0.717) is 5.25 Å². The Morgan fingerprint density at radius 3 is 2.76 bits per heavy atom. The van der Waals surface area contributed by atoms with E-state index in [1.807, 2.05) is 23.6 Å². The van der Waals surface area contributed by atoms with Gasteiger partial charge in [0.2, 0.25) is 5.91 Å². The third-order valence-corrected chi connectivity index (χ3v) is 5.32. The standard InChI is InChI=1S/C17H26N2OS/c1-11-6-7-12(2)15(10-11)16-18-14(4)17(20)19(16)9-8-13(3)21-5/h6-7,10,13-14,16,18H,8-9H2,1-5H3. The molecule has 3 unspecified atom stereocenters. The molecule has 1 amide bonds. The predicted molar refractivity (Wildman–Crippen MR) is 90.6 cm³/mol. The second-order valence-corrected chi connectivity index (χ2v) is 7.29. The number of rotatable bonds is 5. The molecule has 2 rings (SSSR count). The summed E-state index contributed by atoms with van der Waals surface area (Å²) in [6, 6.07) is 6.37. The molecule has 21 heavy (non-hydrogen) atoms. The van der Waals surface area contributed by atoms with Crippen molar-refractivity contribution in [3.8, 4) is 0 Å². The maximum absolute atomic E-state index is 12.4. The van der Waals surface area contributed by atoms with Crippen molar-refractivity contribution < 1.29 is 4.79 Å². The zero-order chi connectivity index (χ0) is 15.6. The number of hydrogen-bond acceptors (Lipinski definition) is 3. The van der Waals surface area contributed by atoms with Gasteiger partial charge in [0, 0.05) is 11.8 Å². The molecule has 1 N–H and O–H groups in total. The summed E-state index contributed by atoms with van der Waals surface area (Å²) in [7, 11) is 0. The van der Waals surface area contributed by atoms with E-state index >= 15 is 0 Å². The molecule has 3 atom stereocenters. The van der Waals surface area contributed by atoms with Crippen LogP contribution in [0.4, 0.5) is 0 Å². The maximum atomic E-state index is 12.4. The molecule has 3 nitrogen and oxygen atoms in total. The molecule has 1 aliphatic heterocycles. The largest absolute Gasteiger partial charge is 0.322 e. The Morgan fingerprint density at radius 2 is 2.10 bits per heavy atom. The number of amides is 1. The van der Waals surface area contributed by atoms with E-state index in [0.717, 1.165) is 13.0 Å². The summed E-state index contributed by atoms with van der Waals surface area (Å²) in [5, 5.41) is 4.03. The van der Waals surface area contributed by atoms with Crippen LogP contribution < -0.4 is 5.32 Å². The van der Waals surface area contributed by atoms with Crippen molar-refractivity contribution >= 4 is 17.7 Å². The van der Waals surface area contributed by atoms with Crippen LogP contribution in [0, 0.1) is 13.8 Å². The number of thioether (sulfide) groups is 1. The summed E-state index contributed by atoms with van der Waals surface area (Å²) in [6.45, 7) is 9.21. The minimum atomic E-state index is -0.0977. The van der Waals surface area contributed by atoms with Crippen molar-refractivity contribution in [2.75, 3.05) is 12.8 Å². The van der Waals surface area contributed by atoms with E-state index < -0.39 is 0 Å². The quantitative estimate of drug-likeness (QED) is 0.906. The summed E-state index contributed by atoms with van der Waals surface area (Å²) in [6.07, 6.45) is 3.17. The third kappa shape index (κ3) is 3.61. The Kier molecular flexibility index (Phi) is 5.33. The first-order valence-electron chi connectivity index (χ1n) is 7.60. The van der Waals surface area contributed by atoms with Gasteiger partial charge in [-0.2, -0.15) is 11.8 Å². The van der Waals surface area contributed by atoms with Crippen molar-refractivity contribution in [2.24, 2.45) is 0 Å². The van der Waals surface area contributed by atoms with Gasteiger partial charge < -0.3 is 4.90 Å². The van der Waals surface area contributed by atoms with Gasteiger partial charge in [0.15, 0.2) is 0 Å². The van der Waals surface area contributed by atoms with E-state index in [9.17, 15) is 4.79 Å². The monoisotopic (exact) mass is 306 g/mol. The second kappa shape index (κ2) is 6.84. The van der Waals surface area contributed by atoms with Gasteiger partial charge in [0.25, 0.3) is 0 Å². The first-order valence-corrected chi connectivity index (χ1v) is 8.89. The summed E-state index contributed by atoms with van der Waals surface area (Å²) < 4.78 is 0. The molecule has 1 aliphatic rings. The molecule has 0 bridgehead atoms. The lowest BCUT2D eigenvalue weighted by atomic mass is 10.0. The van der Waals surface area contributed by atoms with Crippen molar-refractivity contribution in [3.63, 3.8) is 0 Å². The minimum Gasteiger partial charge on any atom is -0.322 e. The van der Waals surface area contributed by atoms with Crippen LogP contribution in [0.1, 0.15) is 43.1 Å². The topological polar surface area (TPSA) is 32.3 Å². The van der Waals surface area contributed by atoms with Crippen LogP contribution >= 0.6 is 11.8 Å². The normalized spacial score (nSPS) is 23.7. The van der Waals surface area contributed by atoms with Crippen LogP contribution in [-0.2, 0) is 4.79 Å². The smallest absolute Gasteiger partial charge is 0.241 e. The fourth-order valence-electron chi connectivity index (χ4n) is 2.76. The van der Waals surface area contributed by atoms with Gasteiger partial charge in [-0.3, -0.25) is 10.1 Å². The highest BCUT2D eigenvalue weighted by atomic mass is 32.2. The number of aryl methyl sites for hydroxylation is 2. The number of carbonyl (C=O) groups excluding carboxylic acids is 1. The number of nitrogens with one attached hydrogen (secondary N) is 1. The molecular weight excluding hydrogens is 280 g/mol. The van der Waals surface area contributed by atoms with Crippen LogP contribution in [0.25, 0.3) is 0 Å². The van der Waals surface area contributed by atoms with E-state index in [1.165, 1.54) is 16.7 Å². The summed E-state index contributed by atoms with van der Waals surface area (Å²) in [4.78, 5) is 14.5. The Hall–Kier alpha value is -1.00. The van der Waals surface area contributed by atoms with Gasteiger partial charge in [0.05, 0.1) is 6.04 Å². The molecule has 1 fully saturated rings. The van der Waals surface area contributed by atoms with Crippen LogP contribution in [0.2, 0.25) is 0 Å². The van der Waals surface area contributed by atoms with Gasteiger partial charge in [-0.15, -0.1) is 0 Å². The average molecular weight is 306 g/mol. The SMILES string of the molecule is CSC(C)CCN1C(=O)C(C)NC1c1cc(C)ccc1C. The van der Waals surface area contributed by atoms with Crippen LogP contribution in [0.3, 0.4) is 0 Å². The molecule has 0 saturated carbocycles. The van der Waals surface area contributed by atoms with Gasteiger partial charge in [-0.25, -0.2) is 0 Å². The van der Waals surface area contributed by atoms with Crippen molar-refractivity contribution in [3.05, 3.63) is 34.9 Å². The Bertz CT molecular complexity index is 518. The molecule has 1 saturated heterocycles. The fraction of sp³-hybridized carbons (Fsp3) is 0.588. The molecule has 1 heterocycles. The highest BCUT2D eigenvalue weighted by molar-refractivity contribution is 7.99. The van der Waals surface area contributed by atoms with Gasteiger partial charge in [0.1, 0.15) is 6.17 Å². The van der Waals surface area contributed by atoms with Crippen LogP contribution in [0.5, 0.6) is 0 Å². The highest BCUT2D eigenvalue weighted by Gasteiger charge is 2.37. The number of benzene rings is 1. The molecule has 4 heteroatoms. The fourth-order valence-corrected chi connectivity index (χ4v) is 3.11. The Balaban J connectivity index is 2.23. The first kappa shape index (κ1) is 16.4. The molecule has 0 radical (unpaired) electrons. The molecule has 1 aromatic rings. The van der Waals surface area contributed by atoms with Crippen molar-refractivity contribution in [1.82, 2.24) is 10.2 Å². The number of carbonyl (C=O) groups is 1. The number of nitrogens with zero attached hydrogens (tertiary/aromatic N) is 1. The lowest BCUT2D eigenvalue weighted by Gasteiger charge is -2.27. The molecule has 116 valence electrons. The Labute approximate surface area is 132 Å². The zero-order valence-corrected chi connectivity index (χ0v) is 14.5. The molecule has 0 aromatic heterocycles. The van der Waals surface area contributed by atoms with Crippen LogP contribution in [0.15, 0.2) is 18.2 Å². The average Bonchev–Trinajstić information content (AvgIpc) is 2.74. The van der Waals surface area contributed by atoms with Crippen molar-refractivity contribution in [1.29, 1.82) is 0 Å². The third-order valence-electron chi connectivity index (χ3n) is 4.28. The zero-order valence-electron chi connectivity index (χ0n) is 13.6. The lowest BCUT2D eigenvalue weighted by molar-refractivity contribution is -0.129.